The van der Waals surface area contributed by atoms with Gasteiger partial charge in [-0.1, -0.05) is 58.8 Å². The van der Waals surface area contributed by atoms with Crippen molar-refractivity contribution in [3.63, 3.8) is 0 Å². The van der Waals surface area contributed by atoms with E-state index in [9.17, 15) is 28.8 Å². The lowest BCUT2D eigenvalue weighted by molar-refractivity contribution is -0.146. The Kier molecular flexibility index (Phi) is 15.7. The van der Waals surface area contributed by atoms with Crippen LogP contribution in [0.15, 0.2) is 24.3 Å². The molecule has 0 fully saturated rings. The lowest BCUT2D eigenvalue weighted by Gasteiger charge is -2.26. The number of amides is 4. The molecule has 0 radical (unpaired) electrons. The molecule has 4 amide bonds. The van der Waals surface area contributed by atoms with Gasteiger partial charge in [0.15, 0.2) is 0 Å². The van der Waals surface area contributed by atoms with Crippen LogP contribution in [0.25, 0.3) is 0 Å². The lowest BCUT2D eigenvalue weighted by atomic mass is 10.0. The first-order valence-corrected chi connectivity index (χ1v) is 15.2. The van der Waals surface area contributed by atoms with Crippen molar-refractivity contribution in [3.8, 4) is 0 Å². The van der Waals surface area contributed by atoms with Gasteiger partial charge in [-0.25, -0.2) is 0 Å². The largest absolute Gasteiger partial charge is 0.466 e. The Hall–Kier alpha value is -3.30. The van der Waals surface area contributed by atoms with Gasteiger partial charge in [0.2, 0.25) is 0 Å². The monoisotopic (exact) mass is 574 g/mol. The SMILES string of the molecule is CCCCC(CCC(=O)OCCCCCCCOC(=O)CCC(CCCC)N1C(=O)C=CC1=O)N1C(=O)C=CC1=O. The fourth-order valence-electron chi connectivity index (χ4n) is 5.05. The van der Waals surface area contributed by atoms with Crippen LogP contribution in [0.1, 0.15) is 110 Å². The number of rotatable bonds is 22. The molecule has 0 N–H and O–H groups in total. The van der Waals surface area contributed by atoms with Crippen LogP contribution in [0.3, 0.4) is 0 Å². The molecule has 2 unspecified atom stereocenters. The molecule has 2 aliphatic heterocycles. The molecule has 228 valence electrons. The summed E-state index contributed by atoms with van der Waals surface area (Å²) in [5.74, 6) is -1.92. The van der Waals surface area contributed by atoms with E-state index in [1.165, 1.54) is 34.1 Å². The maximum Gasteiger partial charge on any atom is 0.305 e. The molecule has 0 saturated heterocycles. The second-order valence-electron chi connectivity index (χ2n) is 10.6. The summed E-state index contributed by atoms with van der Waals surface area (Å²) in [6.07, 6.45) is 15.4. The Morgan fingerprint density at radius 1 is 0.561 bits per heavy atom. The maximum atomic E-state index is 12.2. The van der Waals surface area contributed by atoms with Crippen molar-refractivity contribution < 1.29 is 38.2 Å². The molecule has 2 heterocycles. The zero-order valence-electron chi connectivity index (χ0n) is 24.6. The molecular weight excluding hydrogens is 528 g/mol. The van der Waals surface area contributed by atoms with Gasteiger partial charge in [0, 0.05) is 49.2 Å². The summed E-state index contributed by atoms with van der Waals surface area (Å²) in [6.45, 7) is 4.73. The number of ether oxygens (including phenoxy) is 2. The van der Waals surface area contributed by atoms with Crippen LogP contribution in [0.5, 0.6) is 0 Å². The molecule has 0 aromatic rings. The van der Waals surface area contributed by atoms with Crippen LogP contribution in [-0.4, -0.2) is 70.7 Å². The van der Waals surface area contributed by atoms with E-state index in [2.05, 4.69) is 0 Å². The van der Waals surface area contributed by atoms with Crippen LogP contribution in [0.2, 0.25) is 0 Å². The van der Waals surface area contributed by atoms with E-state index in [4.69, 9.17) is 9.47 Å². The molecule has 2 aliphatic rings. The standard InChI is InChI=1S/C31H46N2O8/c1-3-5-12-24(32-26(34)16-17-27(32)35)14-20-30(38)40-22-10-8-7-9-11-23-41-31(39)21-15-25(13-6-4-2)33-28(36)18-19-29(33)37/h16-19,24-25H,3-15,20-23H2,1-2H3. The fourth-order valence-corrected chi connectivity index (χ4v) is 5.05. The molecule has 10 nitrogen and oxygen atoms in total. The Bertz CT molecular complexity index is 861. The number of hydrogen-bond acceptors (Lipinski definition) is 8. The first kappa shape index (κ1) is 33.9. The molecule has 10 heteroatoms. The third-order valence-electron chi connectivity index (χ3n) is 7.38. The minimum absolute atomic E-state index is 0.164. The highest BCUT2D eigenvalue weighted by Crippen LogP contribution is 2.21. The van der Waals surface area contributed by atoms with Gasteiger partial charge in [-0.3, -0.25) is 38.6 Å². The average molecular weight is 575 g/mol. The number of imide groups is 2. The zero-order valence-corrected chi connectivity index (χ0v) is 24.6. The Morgan fingerprint density at radius 2 is 0.902 bits per heavy atom. The van der Waals surface area contributed by atoms with E-state index in [-0.39, 0.29) is 60.5 Å². The molecule has 0 saturated carbocycles. The predicted octanol–water partition coefficient (Wildman–Crippen LogP) is 4.55. The molecule has 0 aliphatic carbocycles. The molecule has 2 rings (SSSR count). The van der Waals surface area contributed by atoms with Crippen molar-refractivity contribution >= 4 is 35.6 Å². The second kappa shape index (κ2) is 18.9. The van der Waals surface area contributed by atoms with Crippen LogP contribution in [0.4, 0.5) is 0 Å². The summed E-state index contributed by atoms with van der Waals surface area (Å²) in [7, 11) is 0. The first-order valence-electron chi connectivity index (χ1n) is 15.2. The normalized spacial score (nSPS) is 16.1. The van der Waals surface area contributed by atoms with E-state index in [1.807, 2.05) is 13.8 Å². The van der Waals surface area contributed by atoms with Crippen molar-refractivity contribution in [1.29, 1.82) is 0 Å². The van der Waals surface area contributed by atoms with Gasteiger partial charge >= 0.3 is 11.9 Å². The minimum atomic E-state index is -0.322. The van der Waals surface area contributed by atoms with E-state index in [0.29, 0.717) is 38.9 Å². The van der Waals surface area contributed by atoms with Crippen molar-refractivity contribution in [2.24, 2.45) is 0 Å². The summed E-state index contributed by atoms with van der Waals surface area (Å²) >= 11 is 0. The molecule has 2 atom stereocenters. The van der Waals surface area contributed by atoms with Gasteiger partial charge < -0.3 is 9.47 Å². The highest BCUT2D eigenvalue weighted by molar-refractivity contribution is 6.13. The third kappa shape index (κ3) is 12.0. The molecule has 41 heavy (non-hydrogen) atoms. The summed E-state index contributed by atoms with van der Waals surface area (Å²) in [5.41, 5.74) is 0. The Balaban J connectivity index is 1.51. The van der Waals surface area contributed by atoms with Gasteiger partial charge in [0.05, 0.1) is 13.2 Å². The van der Waals surface area contributed by atoms with Gasteiger partial charge in [0.1, 0.15) is 0 Å². The van der Waals surface area contributed by atoms with Gasteiger partial charge in [-0.15, -0.1) is 0 Å². The average Bonchev–Trinajstić information content (AvgIpc) is 3.47. The topological polar surface area (TPSA) is 127 Å². The highest BCUT2D eigenvalue weighted by atomic mass is 16.5. The number of carbonyl (C=O) groups is 6. The molecule has 0 aromatic heterocycles. The molecule has 0 aromatic carbocycles. The van der Waals surface area contributed by atoms with E-state index >= 15 is 0 Å². The lowest BCUT2D eigenvalue weighted by Crippen LogP contribution is -2.40. The number of unbranched alkanes of at least 4 members (excludes halogenated alkanes) is 6. The maximum absolute atomic E-state index is 12.2. The van der Waals surface area contributed by atoms with Crippen LogP contribution < -0.4 is 0 Å². The van der Waals surface area contributed by atoms with Crippen molar-refractivity contribution in [2.45, 2.75) is 122 Å². The quantitative estimate of drug-likeness (QED) is 0.105. The van der Waals surface area contributed by atoms with Crippen molar-refractivity contribution in [1.82, 2.24) is 9.80 Å². The van der Waals surface area contributed by atoms with Gasteiger partial charge in [0.25, 0.3) is 23.6 Å². The Morgan fingerprint density at radius 3 is 1.24 bits per heavy atom. The van der Waals surface area contributed by atoms with E-state index in [0.717, 1.165) is 57.8 Å². The smallest absolute Gasteiger partial charge is 0.305 e. The predicted molar refractivity (Wildman–Crippen MR) is 152 cm³/mol. The summed E-state index contributed by atoms with van der Waals surface area (Å²) in [5, 5.41) is 0. The Labute approximate surface area is 243 Å². The minimum Gasteiger partial charge on any atom is -0.466 e. The van der Waals surface area contributed by atoms with Gasteiger partial charge in [-0.2, -0.15) is 0 Å². The van der Waals surface area contributed by atoms with Crippen LogP contribution >= 0.6 is 0 Å². The van der Waals surface area contributed by atoms with Gasteiger partial charge in [-0.05, 0) is 38.5 Å². The summed E-state index contributed by atoms with van der Waals surface area (Å²) in [6, 6.07) is -0.574. The first-order chi connectivity index (χ1) is 19.8. The second-order valence-corrected chi connectivity index (χ2v) is 10.6. The van der Waals surface area contributed by atoms with Crippen molar-refractivity contribution in [2.75, 3.05) is 13.2 Å². The molecule has 0 bridgehead atoms. The zero-order chi connectivity index (χ0) is 30.0. The summed E-state index contributed by atoms with van der Waals surface area (Å²) in [4.78, 5) is 74.9. The third-order valence-corrected chi connectivity index (χ3v) is 7.38. The summed E-state index contributed by atoms with van der Waals surface area (Å²) < 4.78 is 10.7. The van der Waals surface area contributed by atoms with Crippen LogP contribution in [0, 0.1) is 0 Å². The molecular formula is C31H46N2O8. The number of carbonyl (C=O) groups excluding carboxylic acids is 6. The highest BCUT2D eigenvalue weighted by Gasteiger charge is 2.32. The number of nitrogens with zero attached hydrogens (tertiary/aromatic N) is 2. The van der Waals surface area contributed by atoms with Crippen LogP contribution in [-0.2, 0) is 38.2 Å². The van der Waals surface area contributed by atoms with E-state index in [1.54, 1.807) is 0 Å². The van der Waals surface area contributed by atoms with Crippen molar-refractivity contribution in [3.05, 3.63) is 24.3 Å². The van der Waals surface area contributed by atoms with E-state index < -0.39 is 0 Å². The number of esters is 2. The molecule has 0 spiro atoms. The number of hydrogen-bond donors (Lipinski definition) is 0. The fraction of sp³-hybridized carbons (Fsp3) is 0.677.